The van der Waals surface area contributed by atoms with E-state index in [1.807, 2.05) is 23.5 Å². The molecular formula is C52H33NOS. The van der Waals surface area contributed by atoms with Crippen molar-refractivity contribution in [2.45, 2.75) is 0 Å². The van der Waals surface area contributed by atoms with E-state index in [1.54, 1.807) is 0 Å². The average Bonchev–Trinajstić information content (AvgIpc) is 3.82. The molecule has 2 heterocycles. The van der Waals surface area contributed by atoms with Gasteiger partial charge in [0.25, 0.3) is 0 Å². The van der Waals surface area contributed by atoms with Crippen molar-refractivity contribution in [3.8, 4) is 33.4 Å². The Balaban J connectivity index is 1.04. The summed E-state index contributed by atoms with van der Waals surface area (Å²) in [6, 6.07) is 72.3. The van der Waals surface area contributed by atoms with Crippen LogP contribution in [0.25, 0.3) is 86.3 Å². The molecule has 0 unspecified atom stereocenters. The maximum atomic E-state index is 6.42. The Hall–Kier alpha value is -6.94. The van der Waals surface area contributed by atoms with E-state index in [0.717, 1.165) is 50.1 Å². The van der Waals surface area contributed by atoms with E-state index in [-0.39, 0.29) is 0 Å². The lowest BCUT2D eigenvalue weighted by Crippen LogP contribution is -2.10. The molecule has 0 N–H and O–H groups in total. The molecule has 0 amide bonds. The highest BCUT2D eigenvalue weighted by Gasteiger charge is 2.18. The predicted molar refractivity (Wildman–Crippen MR) is 235 cm³/mol. The second-order valence-corrected chi connectivity index (χ2v) is 15.2. The minimum atomic E-state index is 0.869. The highest BCUT2D eigenvalue weighted by Crippen LogP contribution is 2.43. The largest absolute Gasteiger partial charge is 0.456 e. The van der Waals surface area contributed by atoms with Gasteiger partial charge in [0.1, 0.15) is 11.2 Å². The Morgan fingerprint density at radius 2 is 0.945 bits per heavy atom. The lowest BCUT2D eigenvalue weighted by Gasteiger charge is -2.26. The van der Waals surface area contributed by atoms with Gasteiger partial charge in [-0.25, -0.2) is 0 Å². The summed E-state index contributed by atoms with van der Waals surface area (Å²) in [5.41, 5.74) is 12.1. The monoisotopic (exact) mass is 719 g/mol. The van der Waals surface area contributed by atoms with Crippen molar-refractivity contribution in [2.75, 3.05) is 4.90 Å². The van der Waals surface area contributed by atoms with E-state index in [4.69, 9.17) is 4.42 Å². The maximum Gasteiger partial charge on any atom is 0.137 e. The summed E-state index contributed by atoms with van der Waals surface area (Å²) in [6.07, 6.45) is 0. The van der Waals surface area contributed by atoms with Crippen LogP contribution in [-0.4, -0.2) is 0 Å². The number of benzene rings is 9. The first-order valence-corrected chi connectivity index (χ1v) is 19.5. The zero-order valence-electron chi connectivity index (χ0n) is 29.8. The van der Waals surface area contributed by atoms with Gasteiger partial charge in [-0.1, -0.05) is 133 Å². The smallest absolute Gasteiger partial charge is 0.137 e. The van der Waals surface area contributed by atoms with Gasteiger partial charge in [-0.2, -0.15) is 0 Å². The van der Waals surface area contributed by atoms with Crippen molar-refractivity contribution in [1.29, 1.82) is 0 Å². The maximum absolute atomic E-state index is 6.42. The first kappa shape index (κ1) is 31.6. The van der Waals surface area contributed by atoms with E-state index in [0.29, 0.717) is 0 Å². The summed E-state index contributed by atoms with van der Waals surface area (Å²) in [5, 5.41) is 7.35. The van der Waals surface area contributed by atoms with Gasteiger partial charge < -0.3 is 9.32 Å². The van der Waals surface area contributed by atoms with Gasteiger partial charge in [0, 0.05) is 54.1 Å². The van der Waals surface area contributed by atoms with Crippen LogP contribution in [0.4, 0.5) is 17.1 Å². The molecule has 11 rings (SSSR count). The highest BCUT2D eigenvalue weighted by molar-refractivity contribution is 7.26. The minimum Gasteiger partial charge on any atom is -0.456 e. The van der Waals surface area contributed by atoms with Crippen molar-refractivity contribution < 1.29 is 4.42 Å². The van der Waals surface area contributed by atoms with Crippen LogP contribution in [0.5, 0.6) is 0 Å². The predicted octanol–water partition coefficient (Wildman–Crippen LogP) is 15.6. The molecule has 2 aromatic heterocycles. The van der Waals surface area contributed by atoms with E-state index >= 15 is 0 Å². The van der Waals surface area contributed by atoms with Crippen LogP contribution < -0.4 is 4.90 Å². The van der Waals surface area contributed by atoms with Crippen molar-refractivity contribution in [1.82, 2.24) is 0 Å². The number of anilines is 3. The normalized spacial score (nSPS) is 11.6. The summed E-state index contributed by atoms with van der Waals surface area (Å²) in [5.74, 6) is 0. The standard InChI is InChI=1S/C52H33NOS/c1-2-12-35-29-39(26-25-34(35)11-1)38-15-9-18-42(32-38)53(43-27-28-46-45-19-3-5-23-49(45)54-50(46)33-43)41-17-8-14-37(31-41)36-13-7-16-40(30-36)44-21-10-22-48-47-20-4-6-24-51(47)55-52(44)48/h1-33H. The van der Waals surface area contributed by atoms with Gasteiger partial charge >= 0.3 is 0 Å². The molecule has 9 aromatic carbocycles. The topological polar surface area (TPSA) is 16.4 Å². The zero-order chi connectivity index (χ0) is 36.3. The third kappa shape index (κ3) is 5.48. The Bertz CT molecular complexity index is 3240. The fourth-order valence-corrected chi connectivity index (χ4v) is 9.40. The number of fused-ring (bicyclic) bond motifs is 7. The molecule has 2 nitrogen and oxygen atoms in total. The van der Waals surface area contributed by atoms with Gasteiger partial charge in [0.2, 0.25) is 0 Å². The molecule has 258 valence electrons. The third-order valence-corrected chi connectivity index (χ3v) is 12.0. The molecule has 0 aliphatic heterocycles. The molecule has 0 saturated heterocycles. The Morgan fingerprint density at radius 1 is 0.345 bits per heavy atom. The fraction of sp³-hybridized carbons (Fsp3) is 0. The van der Waals surface area contributed by atoms with Gasteiger partial charge in [-0.3, -0.25) is 0 Å². The van der Waals surface area contributed by atoms with Crippen LogP contribution in [-0.2, 0) is 0 Å². The molecule has 0 spiro atoms. The van der Waals surface area contributed by atoms with Gasteiger partial charge in [0.05, 0.1) is 0 Å². The van der Waals surface area contributed by atoms with E-state index in [1.165, 1.54) is 53.2 Å². The van der Waals surface area contributed by atoms with Crippen molar-refractivity contribution in [3.63, 3.8) is 0 Å². The lowest BCUT2D eigenvalue weighted by molar-refractivity contribution is 0.669. The molecule has 0 fully saturated rings. The molecule has 0 saturated carbocycles. The van der Waals surface area contributed by atoms with Crippen molar-refractivity contribution in [2.24, 2.45) is 0 Å². The molecule has 0 radical (unpaired) electrons. The first-order valence-electron chi connectivity index (χ1n) is 18.7. The van der Waals surface area contributed by atoms with Gasteiger partial charge in [-0.05, 0) is 105 Å². The Kier molecular flexibility index (Phi) is 7.39. The van der Waals surface area contributed by atoms with E-state index in [9.17, 15) is 0 Å². The van der Waals surface area contributed by atoms with Crippen LogP contribution in [0.15, 0.2) is 205 Å². The second-order valence-electron chi connectivity index (χ2n) is 14.1. The van der Waals surface area contributed by atoms with Crippen LogP contribution in [0.3, 0.4) is 0 Å². The summed E-state index contributed by atoms with van der Waals surface area (Å²) < 4.78 is 9.07. The number of furan rings is 1. The summed E-state index contributed by atoms with van der Waals surface area (Å²) >= 11 is 1.87. The second kappa shape index (κ2) is 12.9. The Morgan fingerprint density at radius 3 is 1.78 bits per heavy atom. The van der Waals surface area contributed by atoms with Crippen LogP contribution in [0.1, 0.15) is 0 Å². The number of thiophene rings is 1. The van der Waals surface area contributed by atoms with E-state index in [2.05, 4.69) is 193 Å². The molecule has 0 atom stereocenters. The number of hydrogen-bond acceptors (Lipinski definition) is 3. The summed E-state index contributed by atoms with van der Waals surface area (Å²) in [4.78, 5) is 2.35. The molecule has 11 aromatic rings. The lowest BCUT2D eigenvalue weighted by atomic mass is 9.97. The van der Waals surface area contributed by atoms with Gasteiger partial charge in [0.15, 0.2) is 0 Å². The molecular weight excluding hydrogens is 687 g/mol. The minimum absolute atomic E-state index is 0.869. The van der Waals surface area contributed by atoms with Gasteiger partial charge in [-0.15, -0.1) is 11.3 Å². The van der Waals surface area contributed by atoms with Crippen molar-refractivity contribution >= 4 is 81.3 Å². The average molecular weight is 720 g/mol. The molecule has 0 aliphatic carbocycles. The van der Waals surface area contributed by atoms with E-state index < -0.39 is 0 Å². The van der Waals surface area contributed by atoms with Crippen LogP contribution in [0.2, 0.25) is 0 Å². The number of nitrogens with zero attached hydrogens (tertiary/aromatic N) is 1. The highest BCUT2D eigenvalue weighted by atomic mass is 32.1. The SMILES string of the molecule is c1cc(-c2cccc(N(c3cccc(-c4ccc5ccccc5c4)c3)c3ccc4c(c3)oc3ccccc34)c2)cc(-c2cccc3c2sc2ccccc23)c1. The van der Waals surface area contributed by atoms with Crippen LogP contribution >= 0.6 is 11.3 Å². The third-order valence-electron chi connectivity index (χ3n) is 10.8. The van der Waals surface area contributed by atoms with Crippen LogP contribution in [0, 0.1) is 0 Å². The number of para-hydroxylation sites is 1. The quantitative estimate of drug-likeness (QED) is 0.170. The molecule has 55 heavy (non-hydrogen) atoms. The Labute approximate surface area is 322 Å². The zero-order valence-corrected chi connectivity index (χ0v) is 30.6. The number of hydrogen-bond donors (Lipinski definition) is 0. The summed E-state index contributed by atoms with van der Waals surface area (Å²) in [7, 11) is 0. The molecule has 3 heteroatoms. The molecule has 0 aliphatic rings. The summed E-state index contributed by atoms with van der Waals surface area (Å²) in [6.45, 7) is 0. The number of rotatable bonds is 6. The first-order chi connectivity index (χ1) is 27.2. The fourth-order valence-electron chi connectivity index (χ4n) is 8.16. The van der Waals surface area contributed by atoms with Crippen molar-refractivity contribution in [3.05, 3.63) is 200 Å². The molecule has 0 bridgehead atoms.